The third-order valence-corrected chi connectivity index (χ3v) is 3.58. The van der Waals surface area contributed by atoms with Gasteiger partial charge in [0, 0.05) is 32.7 Å². The Hall–Kier alpha value is -1.97. The number of nitrogens with zero attached hydrogens (tertiary/aromatic N) is 1. The van der Waals surface area contributed by atoms with Crippen LogP contribution in [0.1, 0.15) is 16.7 Å². The first kappa shape index (κ1) is 18.4. The van der Waals surface area contributed by atoms with E-state index in [1.807, 2.05) is 0 Å². The number of carbonyl (C=O) groups excluding carboxylic acids is 1. The summed E-state index contributed by atoms with van der Waals surface area (Å²) >= 11 is 0. The molecule has 1 aromatic rings. The predicted molar refractivity (Wildman–Crippen MR) is 73.1 cm³/mol. The Morgan fingerprint density at radius 2 is 1.71 bits per heavy atom. The van der Waals surface area contributed by atoms with Crippen LogP contribution in [0.2, 0.25) is 0 Å². The highest BCUT2D eigenvalue weighted by atomic mass is 19.4. The minimum atomic E-state index is -4.95. The molecule has 0 bridgehead atoms. The molecule has 0 aliphatic carbocycles. The van der Waals surface area contributed by atoms with Crippen molar-refractivity contribution in [2.75, 3.05) is 26.2 Å². The zero-order chi connectivity index (χ0) is 18.0. The lowest BCUT2D eigenvalue weighted by molar-refractivity contribution is -0.143. The van der Waals surface area contributed by atoms with Gasteiger partial charge in [-0.25, -0.2) is 4.79 Å². The fourth-order valence-corrected chi connectivity index (χ4v) is 2.32. The molecule has 0 atom stereocenters. The maximum atomic E-state index is 13.0. The van der Waals surface area contributed by atoms with Crippen LogP contribution in [0, 0.1) is 0 Å². The van der Waals surface area contributed by atoms with E-state index in [2.05, 4.69) is 10.6 Å². The van der Waals surface area contributed by atoms with E-state index in [9.17, 15) is 31.1 Å². The van der Waals surface area contributed by atoms with E-state index in [-0.39, 0.29) is 6.07 Å². The van der Waals surface area contributed by atoms with Crippen molar-refractivity contribution in [2.45, 2.75) is 18.9 Å². The highest BCUT2D eigenvalue weighted by molar-refractivity contribution is 5.74. The molecule has 0 radical (unpaired) electrons. The lowest BCUT2D eigenvalue weighted by Crippen LogP contribution is -2.50. The van der Waals surface area contributed by atoms with Crippen LogP contribution >= 0.6 is 0 Å². The molecule has 0 aromatic heterocycles. The SMILES string of the molecule is O=C(NCc1ccc(C(F)(F)F)cc1C(F)(F)F)N1CCNCC1. The molecular weight excluding hydrogens is 340 g/mol. The van der Waals surface area contributed by atoms with Gasteiger partial charge < -0.3 is 15.5 Å². The zero-order valence-electron chi connectivity index (χ0n) is 12.4. The molecule has 134 valence electrons. The van der Waals surface area contributed by atoms with E-state index in [4.69, 9.17) is 0 Å². The van der Waals surface area contributed by atoms with Gasteiger partial charge in [-0.2, -0.15) is 26.3 Å². The van der Waals surface area contributed by atoms with Crippen LogP contribution in [0.4, 0.5) is 31.1 Å². The summed E-state index contributed by atoms with van der Waals surface area (Å²) < 4.78 is 76.8. The summed E-state index contributed by atoms with van der Waals surface area (Å²) in [5.41, 5.74) is -3.20. The number of urea groups is 1. The second kappa shape index (κ2) is 6.88. The highest BCUT2D eigenvalue weighted by Gasteiger charge is 2.38. The van der Waals surface area contributed by atoms with Crippen molar-refractivity contribution in [2.24, 2.45) is 0 Å². The molecule has 2 rings (SSSR count). The van der Waals surface area contributed by atoms with Crippen LogP contribution in [0.15, 0.2) is 18.2 Å². The first-order valence-electron chi connectivity index (χ1n) is 7.10. The number of rotatable bonds is 2. The van der Waals surface area contributed by atoms with Gasteiger partial charge in [0.1, 0.15) is 0 Å². The van der Waals surface area contributed by atoms with Crippen molar-refractivity contribution in [3.63, 3.8) is 0 Å². The van der Waals surface area contributed by atoms with Gasteiger partial charge in [0.05, 0.1) is 11.1 Å². The topological polar surface area (TPSA) is 44.4 Å². The molecule has 0 unspecified atom stereocenters. The smallest absolute Gasteiger partial charge is 0.334 e. The van der Waals surface area contributed by atoms with Gasteiger partial charge in [-0.15, -0.1) is 0 Å². The first-order valence-corrected chi connectivity index (χ1v) is 7.10. The Morgan fingerprint density at radius 3 is 2.25 bits per heavy atom. The lowest BCUT2D eigenvalue weighted by atomic mass is 10.0. The summed E-state index contributed by atoms with van der Waals surface area (Å²) in [5.74, 6) is 0. The summed E-state index contributed by atoms with van der Waals surface area (Å²) in [4.78, 5) is 13.3. The van der Waals surface area contributed by atoms with Crippen molar-refractivity contribution in [1.82, 2.24) is 15.5 Å². The Labute approximate surface area is 133 Å². The average Bonchev–Trinajstić information content (AvgIpc) is 2.51. The van der Waals surface area contributed by atoms with E-state index in [0.29, 0.717) is 32.2 Å². The molecule has 1 fully saturated rings. The molecule has 2 N–H and O–H groups in total. The average molecular weight is 355 g/mol. The van der Waals surface area contributed by atoms with E-state index >= 15 is 0 Å². The van der Waals surface area contributed by atoms with Crippen LogP contribution in [0.3, 0.4) is 0 Å². The number of halogens is 6. The van der Waals surface area contributed by atoms with Crippen molar-refractivity contribution < 1.29 is 31.1 Å². The largest absolute Gasteiger partial charge is 0.416 e. The molecule has 1 heterocycles. The molecule has 1 aliphatic rings. The van der Waals surface area contributed by atoms with Crippen molar-refractivity contribution in [3.8, 4) is 0 Å². The Morgan fingerprint density at radius 1 is 1.08 bits per heavy atom. The monoisotopic (exact) mass is 355 g/mol. The second-order valence-corrected chi connectivity index (χ2v) is 5.26. The second-order valence-electron chi connectivity index (χ2n) is 5.26. The van der Waals surface area contributed by atoms with Crippen LogP contribution in [0.25, 0.3) is 0 Å². The number of hydrogen-bond donors (Lipinski definition) is 2. The minimum Gasteiger partial charge on any atom is -0.334 e. The van der Waals surface area contributed by atoms with Gasteiger partial charge in [0.15, 0.2) is 0 Å². The van der Waals surface area contributed by atoms with Crippen LogP contribution < -0.4 is 10.6 Å². The third-order valence-electron chi connectivity index (χ3n) is 3.58. The minimum absolute atomic E-state index is 0.0618. The summed E-state index contributed by atoms with van der Waals surface area (Å²) in [7, 11) is 0. The van der Waals surface area contributed by atoms with E-state index in [0.717, 1.165) is 6.07 Å². The van der Waals surface area contributed by atoms with Gasteiger partial charge in [0.25, 0.3) is 0 Å². The van der Waals surface area contributed by atoms with Gasteiger partial charge >= 0.3 is 18.4 Å². The summed E-state index contributed by atoms with van der Waals surface area (Å²) in [5, 5.41) is 5.33. The molecule has 4 nitrogen and oxygen atoms in total. The number of amides is 2. The molecule has 0 spiro atoms. The molecule has 24 heavy (non-hydrogen) atoms. The number of hydrogen-bond acceptors (Lipinski definition) is 2. The molecule has 1 aromatic carbocycles. The fraction of sp³-hybridized carbons (Fsp3) is 0.500. The van der Waals surface area contributed by atoms with Crippen molar-refractivity contribution in [3.05, 3.63) is 34.9 Å². The third kappa shape index (κ3) is 4.53. The molecular formula is C14H15F6N3O. The lowest BCUT2D eigenvalue weighted by Gasteiger charge is -2.27. The molecule has 0 saturated carbocycles. The normalized spacial score (nSPS) is 16.2. The number of nitrogens with one attached hydrogen (secondary N) is 2. The number of alkyl halides is 6. The highest BCUT2D eigenvalue weighted by Crippen LogP contribution is 2.37. The summed E-state index contributed by atoms with van der Waals surface area (Å²) in [6.45, 7) is 1.45. The van der Waals surface area contributed by atoms with Crippen molar-refractivity contribution in [1.29, 1.82) is 0 Å². The Bertz CT molecular complexity index is 593. The van der Waals surface area contributed by atoms with Gasteiger partial charge in [0.2, 0.25) is 0 Å². The summed E-state index contributed by atoms with van der Waals surface area (Å²) in [6.07, 6.45) is -9.82. The maximum Gasteiger partial charge on any atom is 0.416 e. The number of carbonyl (C=O) groups is 1. The van der Waals surface area contributed by atoms with E-state index in [1.165, 1.54) is 4.90 Å². The predicted octanol–water partition coefficient (Wildman–Crippen LogP) is 2.84. The quantitative estimate of drug-likeness (QED) is 0.802. The summed E-state index contributed by atoms with van der Waals surface area (Å²) in [6, 6.07) is 0.821. The van der Waals surface area contributed by atoms with Gasteiger partial charge in [-0.1, -0.05) is 6.07 Å². The number of piperazine rings is 1. The molecule has 2 amide bonds. The van der Waals surface area contributed by atoms with E-state index in [1.54, 1.807) is 0 Å². The van der Waals surface area contributed by atoms with E-state index < -0.39 is 41.6 Å². The maximum absolute atomic E-state index is 13.0. The van der Waals surface area contributed by atoms with Crippen LogP contribution in [0.5, 0.6) is 0 Å². The van der Waals surface area contributed by atoms with Gasteiger partial charge in [-0.05, 0) is 17.7 Å². The Kier molecular flexibility index (Phi) is 5.26. The fourth-order valence-electron chi connectivity index (χ4n) is 2.32. The first-order chi connectivity index (χ1) is 11.1. The molecule has 10 heteroatoms. The van der Waals surface area contributed by atoms with Crippen molar-refractivity contribution >= 4 is 6.03 Å². The zero-order valence-corrected chi connectivity index (χ0v) is 12.4. The van der Waals surface area contributed by atoms with Crippen LogP contribution in [-0.4, -0.2) is 37.1 Å². The number of benzene rings is 1. The van der Waals surface area contributed by atoms with Gasteiger partial charge in [-0.3, -0.25) is 0 Å². The molecule has 1 aliphatic heterocycles. The standard InChI is InChI=1S/C14H15F6N3O/c15-13(16,17)10-2-1-9(11(7-10)14(18,19)20)8-22-12(24)23-5-3-21-4-6-23/h1-2,7,21H,3-6,8H2,(H,22,24). The molecule has 1 saturated heterocycles. The van der Waals surface area contributed by atoms with Crippen LogP contribution in [-0.2, 0) is 18.9 Å². The Balaban J connectivity index is 2.15.